The summed E-state index contributed by atoms with van der Waals surface area (Å²) in [5.74, 6) is 0. The number of carbonyl (C=O) groups excluding carboxylic acids is 1. The number of hydrogen-bond acceptors (Lipinski definition) is 4. The molecule has 92 valence electrons. The number of nitrogens with zero attached hydrogens (tertiary/aromatic N) is 1. The van der Waals surface area contributed by atoms with Crippen LogP contribution in [0.15, 0.2) is 22.7 Å². The lowest BCUT2D eigenvalue weighted by atomic mass is 10.3. The maximum absolute atomic E-state index is 11.3. The van der Waals surface area contributed by atoms with E-state index in [4.69, 9.17) is 4.74 Å². The summed E-state index contributed by atoms with van der Waals surface area (Å²) in [6.45, 7) is 3.42. The number of hydrogen-bond donors (Lipinski definition) is 1. The molecule has 1 N–H and O–H groups in total. The van der Waals surface area contributed by atoms with E-state index in [9.17, 15) is 14.9 Å². The second-order valence-corrected chi connectivity index (χ2v) is 4.36. The quantitative estimate of drug-likeness (QED) is 0.686. The monoisotopic (exact) mass is 302 g/mol. The number of carbonyl (C=O) groups is 1. The summed E-state index contributed by atoms with van der Waals surface area (Å²) < 4.78 is 5.21. The minimum absolute atomic E-state index is 0.118. The fourth-order valence-electron chi connectivity index (χ4n) is 1.09. The molecule has 0 spiro atoms. The lowest BCUT2D eigenvalue weighted by molar-refractivity contribution is -0.385. The van der Waals surface area contributed by atoms with Gasteiger partial charge < -0.3 is 4.74 Å². The second kappa shape index (κ2) is 5.62. The van der Waals surface area contributed by atoms with Gasteiger partial charge in [-0.2, -0.15) is 0 Å². The number of anilines is 1. The van der Waals surface area contributed by atoms with Crippen LogP contribution < -0.4 is 5.32 Å². The topological polar surface area (TPSA) is 81.5 Å². The Morgan fingerprint density at radius 2 is 2.18 bits per heavy atom. The van der Waals surface area contributed by atoms with E-state index >= 15 is 0 Å². The van der Waals surface area contributed by atoms with Gasteiger partial charge in [-0.15, -0.1) is 0 Å². The third kappa shape index (κ3) is 4.03. The molecule has 0 aliphatic heterocycles. The third-order valence-electron chi connectivity index (χ3n) is 1.73. The van der Waals surface area contributed by atoms with Crippen molar-refractivity contribution in [2.75, 3.05) is 5.32 Å². The van der Waals surface area contributed by atoms with Gasteiger partial charge >= 0.3 is 6.09 Å². The Balaban J connectivity index is 2.82. The maximum Gasteiger partial charge on any atom is 0.411 e. The van der Waals surface area contributed by atoms with Gasteiger partial charge in [-0.05, 0) is 41.9 Å². The zero-order chi connectivity index (χ0) is 13.0. The summed E-state index contributed by atoms with van der Waals surface area (Å²) in [6, 6.07) is 4.29. The van der Waals surface area contributed by atoms with Gasteiger partial charge in [-0.3, -0.25) is 15.4 Å². The normalized spacial score (nSPS) is 10.1. The molecule has 0 atom stereocenters. The Bertz CT molecular complexity index is 448. The van der Waals surface area contributed by atoms with Gasteiger partial charge in [-0.25, -0.2) is 4.79 Å². The molecule has 0 heterocycles. The Morgan fingerprint density at radius 1 is 1.53 bits per heavy atom. The van der Waals surface area contributed by atoms with E-state index in [-0.39, 0.29) is 11.8 Å². The molecule has 0 unspecified atom stereocenters. The minimum Gasteiger partial charge on any atom is -0.447 e. The lowest BCUT2D eigenvalue weighted by Gasteiger charge is -2.09. The Morgan fingerprint density at radius 3 is 2.71 bits per heavy atom. The third-order valence-corrected chi connectivity index (χ3v) is 2.40. The van der Waals surface area contributed by atoms with Gasteiger partial charge in [0.15, 0.2) is 0 Å². The molecule has 0 radical (unpaired) electrons. The van der Waals surface area contributed by atoms with Crippen molar-refractivity contribution in [2.24, 2.45) is 0 Å². The van der Waals surface area contributed by atoms with Crippen molar-refractivity contribution in [1.82, 2.24) is 0 Å². The van der Waals surface area contributed by atoms with Crippen LogP contribution in [0.25, 0.3) is 0 Å². The fourth-order valence-corrected chi connectivity index (χ4v) is 1.48. The summed E-state index contributed by atoms with van der Waals surface area (Å²) in [7, 11) is 0. The molecule has 1 aromatic carbocycles. The maximum atomic E-state index is 11.3. The van der Waals surface area contributed by atoms with Gasteiger partial charge in [0.1, 0.15) is 0 Å². The van der Waals surface area contributed by atoms with E-state index in [0.29, 0.717) is 10.2 Å². The summed E-state index contributed by atoms with van der Waals surface area (Å²) in [5, 5.41) is 13.1. The van der Waals surface area contributed by atoms with Crippen LogP contribution in [0.3, 0.4) is 0 Å². The predicted octanol–water partition coefficient (Wildman–Crippen LogP) is 3.31. The van der Waals surface area contributed by atoms with Crippen molar-refractivity contribution in [3.8, 4) is 0 Å². The highest BCUT2D eigenvalue weighted by atomic mass is 79.9. The van der Waals surface area contributed by atoms with Crippen molar-refractivity contribution in [1.29, 1.82) is 0 Å². The fraction of sp³-hybridized carbons (Fsp3) is 0.300. The molecule has 6 nitrogen and oxygen atoms in total. The molecule has 0 saturated carbocycles. The predicted molar refractivity (Wildman–Crippen MR) is 66.0 cm³/mol. The summed E-state index contributed by atoms with van der Waals surface area (Å²) in [6.07, 6.45) is -0.892. The molecule has 7 heteroatoms. The van der Waals surface area contributed by atoms with Crippen molar-refractivity contribution in [2.45, 2.75) is 20.0 Å². The number of nitro benzene ring substituents is 1. The van der Waals surface area contributed by atoms with E-state index in [2.05, 4.69) is 21.2 Å². The van der Waals surface area contributed by atoms with E-state index in [0.717, 1.165) is 0 Å². The molecule has 1 rings (SSSR count). The zero-order valence-electron chi connectivity index (χ0n) is 9.27. The smallest absolute Gasteiger partial charge is 0.411 e. The zero-order valence-corrected chi connectivity index (χ0v) is 10.9. The molecule has 1 aromatic rings. The number of amides is 1. The SMILES string of the molecule is CC(C)OC(=O)Nc1ccc(Br)c([N+](=O)[O-])c1. The first-order valence-electron chi connectivity index (χ1n) is 4.81. The highest BCUT2D eigenvalue weighted by molar-refractivity contribution is 9.10. The number of nitrogens with one attached hydrogen (secondary N) is 1. The van der Waals surface area contributed by atoms with Crippen LogP contribution in [0.5, 0.6) is 0 Å². The minimum atomic E-state index is -0.642. The van der Waals surface area contributed by atoms with E-state index in [1.165, 1.54) is 12.1 Å². The van der Waals surface area contributed by atoms with Gasteiger partial charge in [-0.1, -0.05) is 0 Å². The first-order valence-corrected chi connectivity index (χ1v) is 5.61. The van der Waals surface area contributed by atoms with Crippen LogP contribution in [-0.4, -0.2) is 17.1 Å². The highest BCUT2D eigenvalue weighted by Crippen LogP contribution is 2.27. The largest absolute Gasteiger partial charge is 0.447 e. The van der Waals surface area contributed by atoms with E-state index < -0.39 is 11.0 Å². The van der Waals surface area contributed by atoms with Crippen LogP contribution in [0.1, 0.15) is 13.8 Å². The van der Waals surface area contributed by atoms with Gasteiger partial charge in [0.2, 0.25) is 0 Å². The van der Waals surface area contributed by atoms with Crippen molar-refractivity contribution >= 4 is 33.4 Å². The van der Waals surface area contributed by atoms with Gasteiger partial charge in [0, 0.05) is 6.07 Å². The molecular formula is C10H11BrN2O4. The van der Waals surface area contributed by atoms with Crippen LogP contribution >= 0.6 is 15.9 Å². The summed E-state index contributed by atoms with van der Waals surface area (Å²) in [4.78, 5) is 21.4. The second-order valence-electron chi connectivity index (χ2n) is 3.50. The van der Waals surface area contributed by atoms with Crippen LogP contribution in [0.4, 0.5) is 16.2 Å². The van der Waals surface area contributed by atoms with Gasteiger partial charge in [0.05, 0.1) is 21.2 Å². The molecule has 0 saturated heterocycles. The Hall–Kier alpha value is -1.63. The van der Waals surface area contributed by atoms with Crippen LogP contribution in [0, 0.1) is 10.1 Å². The summed E-state index contributed by atoms with van der Waals surface area (Å²) in [5.41, 5.74) is 0.192. The summed E-state index contributed by atoms with van der Waals surface area (Å²) >= 11 is 3.05. The van der Waals surface area contributed by atoms with Crippen LogP contribution in [0.2, 0.25) is 0 Å². The number of ether oxygens (including phenoxy) is 1. The standard InChI is InChI=1S/C10H11BrN2O4/c1-6(2)17-10(14)12-7-3-4-8(11)9(5-7)13(15)16/h3-6H,1-2H3,(H,12,14). The first-order chi connectivity index (χ1) is 7.90. The molecule has 0 aromatic heterocycles. The lowest BCUT2D eigenvalue weighted by Crippen LogP contribution is -2.18. The number of rotatable bonds is 3. The molecular weight excluding hydrogens is 292 g/mol. The van der Waals surface area contributed by atoms with Gasteiger partial charge in [0.25, 0.3) is 5.69 Å². The average molecular weight is 303 g/mol. The van der Waals surface area contributed by atoms with Crippen molar-refractivity contribution < 1.29 is 14.5 Å². The van der Waals surface area contributed by atoms with Crippen molar-refractivity contribution in [3.05, 3.63) is 32.8 Å². The number of nitro groups is 1. The van der Waals surface area contributed by atoms with E-state index in [1.54, 1.807) is 19.9 Å². The molecule has 17 heavy (non-hydrogen) atoms. The molecule has 0 aliphatic carbocycles. The molecule has 0 fully saturated rings. The molecule has 1 amide bonds. The first kappa shape index (κ1) is 13.4. The molecule has 0 aliphatic rings. The van der Waals surface area contributed by atoms with Crippen molar-refractivity contribution in [3.63, 3.8) is 0 Å². The number of halogens is 1. The average Bonchev–Trinajstić information content (AvgIpc) is 2.19. The van der Waals surface area contributed by atoms with Crippen LogP contribution in [-0.2, 0) is 4.74 Å². The highest BCUT2D eigenvalue weighted by Gasteiger charge is 2.14. The molecule has 0 bridgehead atoms. The Kier molecular flexibility index (Phi) is 4.45. The van der Waals surface area contributed by atoms with E-state index in [1.807, 2.05) is 0 Å². The Labute approximate surface area is 106 Å². The number of benzene rings is 1.